The van der Waals surface area contributed by atoms with Gasteiger partial charge < -0.3 is 0 Å². The summed E-state index contributed by atoms with van der Waals surface area (Å²) < 4.78 is 26.4. The van der Waals surface area contributed by atoms with E-state index in [1.165, 1.54) is 5.56 Å². The van der Waals surface area contributed by atoms with Gasteiger partial charge in [0.05, 0.1) is 12.9 Å². The molecule has 0 radical (unpaired) electrons. The van der Waals surface area contributed by atoms with Crippen molar-refractivity contribution in [1.29, 1.82) is 0 Å². The summed E-state index contributed by atoms with van der Waals surface area (Å²) >= 11 is 0. The van der Waals surface area contributed by atoms with E-state index >= 15 is 0 Å². The Kier molecular flexibility index (Phi) is 4.10. The van der Waals surface area contributed by atoms with E-state index < -0.39 is 10.1 Å². The predicted molar refractivity (Wildman–Crippen MR) is 64.9 cm³/mol. The maximum atomic E-state index is 10.8. The van der Waals surface area contributed by atoms with Crippen LogP contribution < -0.4 is 0 Å². The highest BCUT2D eigenvalue weighted by Gasteiger charge is 2.20. The fourth-order valence-electron chi connectivity index (χ4n) is 1.48. The van der Waals surface area contributed by atoms with Gasteiger partial charge in [0.1, 0.15) is 0 Å². The summed E-state index contributed by atoms with van der Waals surface area (Å²) in [5.41, 5.74) is 1.11. The Morgan fingerprint density at radius 3 is 2.25 bits per heavy atom. The minimum absolute atomic E-state index is 0.0774. The third kappa shape index (κ3) is 4.33. The van der Waals surface area contributed by atoms with Gasteiger partial charge in [0, 0.05) is 0 Å². The lowest BCUT2D eigenvalue weighted by Gasteiger charge is -2.24. The summed E-state index contributed by atoms with van der Waals surface area (Å²) in [6.45, 7) is 4.38. The smallest absolute Gasteiger partial charge is 0.264 e. The van der Waals surface area contributed by atoms with Crippen molar-refractivity contribution in [3.8, 4) is 0 Å². The highest BCUT2D eigenvalue weighted by atomic mass is 32.2. The van der Waals surface area contributed by atoms with Crippen molar-refractivity contribution in [2.45, 2.75) is 25.7 Å². The SMILES string of the molecule is CC(C)(CCOS(C)(=O)=O)c1ccccc1. The molecule has 0 aliphatic heterocycles. The first kappa shape index (κ1) is 13.2. The monoisotopic (exact) mass is 242 g/mol. The third-order valence-electron chi connectivity index (χ3n) is 2.58. The lowest BCUT2D eigenvalue weighted by Crippen LogP contribution is -2.20. The van der Waals surface area contributed by atoms with Gasteiger partial charge in [0.25, 0.3) is 10.1 Å². The molecule has 0 saturated heterocycles. The van der Waals surface area contributed by atoms with Gasteiger partial charge >= 0.3 is 0 Å². The molecule has 0 amide bonds. The Morgan fingerprint density at radius 2 is 1.75 bits per heavy atom. The molecular formula is C12H18O3S. The first-order valence-corrected chi connectivity index (χ1v) is 7.03. The summed E-state index contributed by atoms with van der Waals surface area (Å²) in [4.78, 5) is 0. The summed E-state index contributed by atoms with van der Waals surface area (Å²) in [6.07, 6.45) is 1.74. The van der Waals surface area contributed by atoms with Crippen LogP contribution in [-0.2, 0) is 19.7 Å². The maximum absolute atomic E-state index is 10.8. The molecule has 0 aliphatic carbocycles. The van der Waals surface area contributed by atoms with Crippen molar-refractivity contribution in [3.63, 3.8) is 0 Å². The average Bonchev–Trinajstić information content (AvgIpc) is 2.17. The van der Waals surface area contributed by atoms with Crippen molar-refractivity contribution < 1.29 is 12.6 Å². The van der Waals surface area contributed by atoms with Crippen molar-refractivity contribution in [2.24, 2.45) is 0 Å². The van der Waals surface area contributed by atoms with Gasteiger partial charge in [-0.25, -0.2) is 0 Å². The molecule has 4 heteroatoms. The van der Waals surface area contributed by atoms with Crippen LogP contribution >= 0.6 is 0 Å². The molecule has 0 aliphatic rings. The number of hydrogen-bond acceptors (Lipinski definition) is 3. The standard InChI is InChI=1S/C12H18O3S/c1-12(2,9-10-15-16(3,13)14)11-7-5-4-6-8-11/h4-8H,9-10H2,1-3H3. The zero-order valence-corrected chi connectivity index (χ0v) is 10.8. The van der Waals surface area contributed by atoms with E-state index in [2.05, 4.69) is 13.8 Å². The fourth-order valence-corrected chi connectivity index (χ4v) is 1.87. The van der Waals surface area contributed by atoms with E-state index in [0.717, 1.165) is 6.26 Å². The van der Waals surface area contributed by atoms with Gasteiger partial charge in [-0.15, -0.1) is 0 Å². The van der Waals surface area contributed by atoms with E-state index in [9.17, 15) is 8.42 Å². The normalized spacial score (nSPS) is 12.7. The lowest BCUT2D eigenvalue weighted by atomic mass is 9.82. The maximum Gasteiger partial charge on any atom is 0.264 e. The molecule has 0 N–H and O–H groups in total. The van der Waals surface area contributed by atoms with Gasteiger partial charge in [-0.3, -0.25) is 4.18 Å². The molecule has 1 aromatic carbocycles. The molecule has 0 aromatic heterocycles. The Bertz CT molecular complexity index is 421. The highest BCUT2D eigenvalue weighted by Crippen LogP contribution is 2.26. The van der Waals surface area contributed by atoms with E-state index in [1.54, 1.807) is 0 Å². The Labute approximate surface area is 97.6 Å². The van der Waals surface area contributed by atoms with Crippen LogP contribution in [0.4, 0.5) is 0 Å². The molecule has 1 aromatic rings. The molecule has 90 valence electrons. The minimum atomic E-state index is -3.33. The second-order valence-corrected chi connectivity index (χ2v) is 6.17. The highest BCUT2D eigenvalue weighted by molar-refractivity contribution is 7.85. The molecule has 3 nitrogen and oxygen atoms in total. The number of hydrogen-bond donors (Lipinski definition) is 0. The Balaban J connectivity index is 2.59. The van der Waals surface area contributed by atoms with Crippen LogP contribution in [-0.4, -0.2) is 21.3 Å². The third-order valence-corrected chi connectivity index (χ3v) is 3.17. The Morgan fingerprint density at radius 1 is 1.19 bits per heavy atom. The van der Waals surface area contributed by atoms with Crippen LogP contribution in [0.1, 0.15) is 25.8 Å². The zero-order chi connectivity index (χ0) is 12.2. The molecule has 0 atom stereocenters. The quantitative estimate of drug-likeness (QED) is 0.744. The van der Waals surface area contributed by atoms with Crippen molar-refractivity contribution in [3.05, 3.63) is 35.9 Å². The average molecular weight is 242 g/mol. The van der Waals surface area contributed by atoms with Gasteiger partial charge in [-0.05, 0) is 17.4 Å². The van der Waals surface area contributed by atoms with E-state index in [0.29, 0.717) is 6.42 Å². The second kappa shape index (κ2) is 4.97. The summed E-state index contributed by atoms with van der Waals surface area (Å²) in [7, 11) is -3.33. The van der Waals surface area contributed by atoms with Gasteiger partial charge in [0.2, 0.25) is 0 Å². The summed E-state index contributed by atoms with van der Waals surface area (Å²) in [5, 5.41) is 0. The first-order chi connectivity index (χ1) is 7.31. The van der Waals surface area contributed by atoms with Gasteiger partial charge in [-0.2, -0.15) is 8.42 Å². The summed E-state index contributed by atoms with van der Waals surface area (Å²) in [5.74, 6) is 0. The summed E-state index contributed by atoms with van der Waals surface area (Å²) in [6, 6.07) is 10.0. The Hall–Kier alpha value is -0.870. The largest absolute Gasteiger partial charge is 0.270 e. The molecule has 0 spiro atoms. The first-order valence-electron chi connectivity index (χ1n) is 5.21. The zero-order valence-electron chi connectivity index (χ0n) is 9.93. The molecule has 0 unspecified atom stereocenters. The molecule has 1 rings (SSSR count). The molecule has 0 heterocycles. The second-order valence-electron chi connectivity index (χ2n) is 4.53. The molecule has 0 saturated carbocycles. The lowest BCUT2D eigenvalue weighted by molar-refractivity contribution is 0.279. The van der Waals surface area contributed by atoms with Crippen LogP contribution in [0.25, 0.3) is 0 Å². The topological polar surface area (TPSA) is 43.4 Å². The van der Waals surface area contributed by atoms with Crippen LogP contribution in [0, 0.1) is 0 Å². The van der Waals surface area contributed by atoms with Crippen LogP contribution in [0.15, 0.2) is 30.3 Å². The van der Waals surface area contributed by atoms with E-state index in [4.69, 9.17) is 4.18 Å². The predicted octanol–water partition coefficient (Wildman–Crippen LogP) is 2.33. The van der Waals surface area contributed by atoms with Gasteiger partial charge in [0.15, 0.2) is 0 Å². The van der Waals surface area contributed by atoms with Crippen LogP contribution in [0.3, 0.4) is 0 Å². The molecule has 0 fully saturated rings. The molecular weight excluding hydrogens is 224 g/mol. The van der Waals surface area contributed by atoms with E-state index in [-0.39, 0.29) is 12.0 Å². The van der Waals surface area contributed by atoms with Gasteiger partial charge in [-0.1, -0.05) is 44.2 Å². The molecule has 0 bridgehead atoms. The van der Waals surface area contributed by atoms with Crippen LogP contribution in [0.5, 0.6) is 0 Å². The van der Waals surface area contributed by atoms with Crippen molar-refractivity contribution in [2.75, 3.05) is 12.9 Å². The fraction of sp³-hybridized carbons (Fsp3) is 0.500. The molecule has 16 heavy (non-hydrogen) atoms. The van der Waals surface area contributed by atoms with E-state index in [1.807, 2.05) is 30.3 Å². The van der Waals surface area contributed by atoms with Crippen LogP contribution in [0.2, 0.25) is 0 Å². The van der Waals surface area contributed by atoms with Crippen molar-refractivity contribution in [1.82, 2.24) is 0 Å². The van der Waals surface area contributed by atoms with Crippen molar-refractivity contribution >= 4 is 10.1 Å². The number of benzene rings is 1. The number of rotatable bonds is 5. The minimum Gasteiger partial charge on any atom is -0.270 e.